The number of carbonyl (C=O) groups excluding carboxylic acids is 1. The van der Waals surface area contributed by atoms with E-state index in [4.69, 9.17) is 32.7 Å². The molecule has 1 amide bonds. The molecule has 1 N–H and O–H groups in total. The summed E-state index contributed by atoms with van der Waals surface area (Å²) in [6.07, 6.45) is 2.21. The predicted molar refractivity (Wildman–Crippen MR) is 117 cm³/mol. The predicted octanol–water partition coefficient (Wildman–Crippen LogP) is 4.60. The lowest BCUT2D eigenvalue weighted by atomic mass is 9.89. The van der Waals surface area contributed by atoms with Gasteiger partial charge in [-0.3, -0.25) is 9.78 Å². The van der Waals surface area contributed by atoms with Crippen molar-refractivity contribution in [3.8, 4) is 11.5 Å². The van der Waals surface area contributed by atoms with Crippen molar-refractivity contribution in [2.45, 2.75) is 12.5 Å². The normalized spacial score (nSPS) is 16.6. The number of pyridine rings is 1. The second-order valence-electron chi connectivity index (χ2n) is 7.43. The quantitative estimate of drug-likeness (QED) is 0.601. The zero-order valence-corrected chi connectivity index (χ0v) is 18.1. The van der Waals surface area contributed by atoms with E-state index in [1.165, 1.54) is 12.1 Å². The fourth-order valence-corrected chi connectivity index (χ4v) is 4.47. The summed E-state index contributed by atoms with van der Waals surface area (Å²) in [7, 11) is 0. The summed E-state index contributed by atoms with van der Waals surface area (Å²) in [5.41, 5.74) is 2.28. The number of aromatic carboxylic acids is 1. The molecule has 0 radical (unpaired) electrons. The molecule has 3 aromatic rings. The van der Waals surface area contributed by atoms with Crippen LogP contribution in [0, 0.1) is 0 Å². The van der Waals surface area contributed by atoms with Gasteiger partial charge in [0.05, 0.1) is 26.9 Å². The first-order chi connectivity index (χ1) is 15.4. The number of hydrogen-bond donors (Lipinski definition) is 1. The maximum Gasteiger partial charge on any atom is 0.336 e. The first-order valence-corrected chi connectivity index (χ1v) is 10.6. The average molecular weight is 471 g/mol. The van der Waals surface area contributed by atoms with Crippen molar-refractivity contribution in [2.24, 2.45) is 0 Å². The molecule has 1 unspecified atom stereocenters. The van der Waals surface area contributed by atoms with Crippen LogP contribution < -0.4 is 9.47 Å². The Morgan fingerprint density at radius 2 is 1.75 bits per heavy atom. The number of amides is 1. The van der Waals surface area contributed by atoms with E-state index in [2.05, 4.69) is 4.98 Å². The lowest BCUT2D eigenvalue weighted by Gasteiger charge is -2.37. The number of hydrogen-bond acceptors (Lipinski definition) is 5. The van der Waals surface area contributed by atoms with E-state index in [1.807, 2.05) is 24.3 Å². The van der Waals surface area contributed by atoms with Crippen LogP contribution in [0.5, 0.6) is 11.5 Å². The minimum Gasteiger partial charge on any atom is -0.478 e. The molecule has 0 aliphatic carbocycles. The average Bonchev–Trinajstić information content (AvgIpc) is 3.25. The van der Waals surface area contributed by atoms with E-state index in [0.717, 1.165) is 11.1 Å². The summed E-state index contributed by atoms with van der Waals surface area (Å²) < 4.78 is 11.1. The van der Waals surface area contributed by atoms with Crippen molar-refractivity contribution in [1.29, 1.82) is 0 Å². The van der Waals surface area contributed by atoms with Crippen LogP contribution in [0.15, 0.2) is 48.7 Å². The third kappa shape index (κ3) is 3.43. The van der Waals surface area contributed by atoms with Crippen LogP contribution in [0.3, 0.4) is 0 Å². The SMILES string of the molecule is O=C(O)c1cc(Cl)c(Cl)cc1C(=O)N1CCc2cc3c(cc2C1c1ccccn1)OCO3. The van der Waals surface area contributed by atoms with Crippen LogP contribution in [0.2, 0.25) is 10.0 Å². The van der Waals surface area contributed by atoms with Crippen molar-refractivity contribution in [3.05, 3.63) is 86.7 Å². The van der Waals surface area contributed by atoms with Crippen LogP contribution in [0.4, 0.5) is 0 Å². The van der Waals surface area contributed by atoms with Gasteiger partial charge in [0.15, 0.2) is 11.5 Å². The Bertz CT molecular complexity index is 1250. The number of carbonyl (C=O) groups is 2. The van der Waals surface area contributed by atoms with Crippen molar-refractivity contribution in [2.75, 3.05) is 13.3 Å². The molecule has 2 aromatic carbocycles. The third-order valence-electron chi connectivity index (χ3n) is 5.61. The minimum absolute atomic E-state index is 0.0305. The van der Waals surface area contributed by atoms with Crippen LogP contribution >= 0.6 is 23.2 Å². The zero-order chi connectivity index (χ0) is 22.4. The lowest BCUT2D eigenvalue weighted by Crippen LogP contribution is -2.41. The van der Waals surface area contributed by atoms with Gasteiger partial charge >= 0.3 is 5.97 Å². The van der Waals surface area contributed by atoms with Gasteiger partial charge in [0.1, 0.15) is 6.04 Å². The molecule has 0 saturated carbocycles. The summed E-state index contributed by atoms with van der Waals surface area (Å²) in [5.74, 6) is -0.470. The molecule has 5 rings (SSSR count). The molecule has 9 heteroatoms. The highest BCUT2D eigenvalue weighted by Gasteiger charge is 2.36. The number of fused-ring (bicyclic) bond motifs is 2. The van der Waals surface area contributed by atoms with E-state index in [0.29, 0.717) is 30.2 Å². The van der Waals surface area contributed by atoms with Crippen LogP contribution in [0.25, 0.3) is 0 Å². The van der Waals surface area contributed by atoms with E-state index < -0.39 is 17.9 Å². The van der Waals surface area contributed by atoms with Gasteiger partial charge < -0.3 is 19.5 Å². The van der Waals surface area contributed by atoms with Gasteiger partial charge in [0.25, 0.3) is 5.91 Å². The van der Waals surface area contributed by atoms with Crippen LogP contribution in [0.1, 0.15) is 43.6 Å². The van der Waals surface area contributed by atoms with Gasteiger partial charge in [0, 0.05) is 12.7 Å². The number of benzene rings is 2. The monoisotopic (exact) mass is 470 g/mol. The first kappa shape index (κ1) is 20.6. The Balaban J connectivity index is 1.65. The van der Waals surface area contributed by atoms with Gasteiger partial charge in [-0.2, -0.15) is 0 Å². The van der Waals surface area contributed by atoms with Gasteiger partial charge in [-0.15, -0.1) is 0 Å². The van der Waals surface area contributed by atoms with Gasteiger partial charge in [0.2, 0.25) is 6.79 Å². The topological polar surface area (TPSA) is 89.0 Å². The number of ether oxygens (including phenoxy) is 2. The van der Waals surface area contributed by atoms with Gasteiger partial charge in [-0.25, -0.2) is 4.79 Å². The molecule has 162 valence electrons. The maximum atomic E-state index is 13.7. The van der Waals surface area contributed by atoms with Gasteiger partial charge in [-0.05, 0) is 53.9 Å². The van der Waals surface area contributed by atoms with Crippen molar-refractivity contribution in [3.63, 3.8) is 0 Å². The van der Waals surface area contributed by atoms with Crippen LogP contribution in [-0.2, 0) is 6.42 Å². The second kappa shape index (κ2) is 8.00. The molecule has 0 saturated heterocycles. The number of carboxylic acids is 1. The molecule has 0 fully saturated rings. The number of halogens is 2. The van der Waals surface area contributed by atoms with Crippen LogP contribution in [-0.4, -0.2) is 40.2 Å². The maximum absolute atomic E-state index is 13.7. The number of carboxylic acid groups (broad SMARTS) is 1. The molecule has 2 aliphatic heterocycles. The van der Waals surface area contributed by atoms with E-state index >= 15 is 0 Å². The number of rotatable bonds is 3. The van der Waals surface area contributed by atoms with Crippen molar-refractivity contribution >= 4 is 35.1 Å². The Morgan fingerprint density at radius 1 is 1.03 bits per heavy atom. The smallest absolute Gasteiger partial charge is 0.336 e. The standard InChI is InChI=1S/C23H16Cl2N2O5/c24-16-8-14(15(23(29)30)9-17(16)25)22(28)27-6-4-12-7-19-20(32-11-31-19)10-13(12)21(27)18-3-1-2-5-26-18/h1-3,5,7-10,21H,4,6,11H2,(H,29,30). The van der Waals surface area contributed by atoms with Gasteiger partial charge in [-0.1, -0.05) is 29.3 Å². The molecule has 1 aromatic heterocycles. The lowest BCUT2D eigenvalue weighted by molar-refractivity contribution is 0.0651. The van der Waals surface area contributed by atoms with Crippen molar-refractivity contribution in [1.82, 2.24) is 9.88 Å². The van der Waals surface area contributed by atoms with E-state index in [1.54, 1.807) is 17.2 Å². The minimum atomic E-state index is -1.26. The summed E-state index contributed by atoms with van der Waals surface area (Å²) in [5, 5.41) is 9.83. The molecule has 2 aliphatic rings. The molecule has 0 spiro atoms. The fraction of sp³-hybridized carbons (Fsp3) is 0.174. The molecule has 3 heterocycles. The van der Waals surface area contributed by atoms with E-state index in [-0.39, 0.29) is 28.0 Å². The highest BCUT2D eigenvalue weighted by atomic mass is 35.5. The summed E-state index contributed by atoms with van der Waals surface area (Å²) in [6.45, 7) is 0.492. The van der Waals surface area contributed by atoms with Crippen molar-refractivity contribution < 1.29 is 24.2 Å². The Labute approximate surface area is 193 Å². The summed E-state index contributed by atoms with van der Waals surface area (Å²) in [6, 6.07) is 11.2. The number of nitrogens with zero attached hydrogens (tertiary/aromatic N) is 2. The Kier molecular flexibility index (Phi) is 5.15. The molecule has 1 atom stereocenters. The Morgan fingerprint density at radius 3 is 2.44 bits per heavy atom. The largest absolute Gasteiger partial charge is 0.478 e. The zero-order valence-electron chi connectivity index (χ0n) is 16.5. The highest BCUT2D eigenvalue weighted by molar-refractivity contribution is 6.42. The molecule has 32 heavy (non-hydrogen) atoms. The second-order valence-corrected chi connectivity index (χ2v) is 8.24. The Hall–Kier alpha value is -3.29. The molecule has 7 nitrogen and oxygen atoms in total. The fourth-order valence-electron chi connectivity index (χ4n) is 4.14. The molecular weight excluding hydrogens is 455 g/mol. The first-order valence-electron chi connectivity index (χ1n) is 9.80. The highest BCUT2D eigenvalue weighted by Crippen LogP contribution is 2.43. The molecule has 0 bridgehead atoms. The molecular formula is C23H16Cl2N2O5. The van der Waals surface area contributed by atoms with E-state index in [9.17, 15) is 14.7 Å². The summed E-state index contributed by atoms with van der Waals surface area (Å²) in [4.78, 5) is 31.6. The number of aromatic nitrogens is 1. The third-order valence-corrected chi connectivity index (χ3v) is 6.33. The summed E-state index contributed by atoms with van der Waals surface area (Å²) >= 11 is 12.1.